The van der Waals surface area contributed by atoms with Crippen LogP contribution in [0.4, 0.5) is 4.39 Å². The molecule has 2 N–H and O–H groups in total. The summed E-state index contributed by atoms with van der Waals surface area (Å²) in [6.07, 6.45) is 0.598. The second-order valence-electron chi connectivity index (χ2n) is 4.69. The van der Waals surface area contributed by atoms with Gasteiger partial charge in [0.05, 0.1) is 11.5 Å². The predicted molar refractivity (Wildman–Crippen MR) is 64.8 cm³/mol. The van der Waals surface area contributed by atoms with Gasteiger partial charge in [-0.1, -0.05) is 6.07 Å². The number of halogens is 1. The van der Waals surface area contributed by atoms with Gasteiger partial charge in [-0.25, -0.2) is 12.8 Å². The van der Waals surface area contributed by atoms with Crippen molar-refractivity contribution < 1.29 is 12.8 Å². The van der Waals surface area contributed by atoms with Crippen molar-refractivity contribution in [1.82, 2.24) is 0 Å². The highest BCUT2D eigenvalue weighted by Gasteiger charge is 2.33. The van der Waals surface area contributed by atoms with Crippen LogP contribution < -0.4 is 5.73 Å². The van der Waals surface area contributed by atoms with E-state index in [-0.39, 0.29) is 29.3 Å². The first-order valence-electron chi connectivity index (χ1n) is 5.61. The molecule has 1 aliphatic heterocycles. The molecule has 0 spiro atoms. The van der Waals surface area contributed by atoms with Crippen LogP contribution in [0.15, 0.2) is 18.2 Å². The van der Waals surface area contributed by atoms with Crippen LogP contribution in [0, 0.1) is 18.7 Å². The van der Waals surface area contributed by atoms with E-state index in [1.165, 1.54) is 12.1 Å². The second kappa shape index (κ2) is 4.38. The fourth-order valence-electron chi connectivity index (χ4n) is 2.37. The zero-order chi connectivity index (χ0) is 12.6. The van der Waals surface area contributed by atoms with Crippen molar-refractivity contribution in [2.24, 2.45) is 11.7 Å². The predicted octanol–water partition coefficient (Wildman–Crippen LogP) is 1.57. The minimum absolute atomic E-state index is 0.0517. The summed E-state index contributed by atoms with van der Waals surface area (Å²) in [6, 6.07) is 4.12. The summed E-state index contributed by atoms with van der Waals surface area (Å²) < 4.78 is 35.8. The van der Waals surface area contributed by atoms with Crippen LogP contribution in [0.25, 0.3) is 0 Å². The van der Waals surface area contributed by atoms with E-state index >= 15 is 0 Å². The van der Waals surface area contributed by atoms with Crippen LogP contribution in [-0.2, 0) is 9.84 Å². The Bertz CT molecular complexity index is 527. The molecule has 2 atom stereocenters. The van der Waals surface area contributed by atoms with Crippen LogP contribution in [-0.4, -0.2) is 19.9 Å². The molecule has 0 bridgehead atoms. The molecular weight excluding hydrogens is 241 g/mol. The van der Waals surface area contributed by atoms with Gasteiger partial charge in [-0.05, 0) is 42.5 Å². The molecule has 3 nitrogen and oxygen atoms in total. The molecule has 0 aliphatic carbocycles. The zero-order valence-electron chi connectivity index (χ0n) is 9.69. The number of rotatable bonds is 2. The van der Waals surface area contributed by atoms with Crippen LogP contribution in [0.3, 0.4) is 0 Å². The van der Waals surface area contributed by atoms with Crippen LogP contribution in [0.1, 0.15) is 23.6 Å². The highest BCUT2D eigenvalue weighted by atomic mass is 32.2. The lowest BCUT2D eigenvalue weighted by molar-refractivity contribution is 0.477. The van der Waals surface area contributed by atoms with E-state index in [2.05, 4.69) is 0 Å². The molecule has 1 aliphatic rings. The molecule has 1 aromatic rings. The Kier molecular flexibility index (Phi) is 3.23. The summed E-state index contributed by atoms with van der Waals surface area (Å²) in [5.41, 5.74) is 7.71. The first-order chi connectivity index (χ1) is 7.89. The first-order valence-corrected chi connectivity index (χ1v) is 7.43. The van der Waals surface area contributed by atoms with Crippen molar-refractivity contribution in [2.75, 3.05) is 11.5 Å². The van der Waals surface area contributed by atoms with E-state index in [1.54, 1.807) is 13.0 Å². The average molecular weight is 257 g/mol. The summed E-state index contributed by atoms with van der Waals surface area (Å²) >= 11 is 0. The molecule has 1 fully saturated rings. The monoisotopic (exact) mass is 257 g/mol. The molecule has 1 saturated heterocycles. The summed E-state index contributed by atoms with van der Waals surface area (Å²) in [7, 11) is -2.92. The number of aryl methyl sites for hydroxylation is 1. The maximum Gasteiger partial charge on any atom is 0.150 e. The molecule has 5 heteroatoms. The van der Waals surface area contributed by atoms with E-state index in [0.29, 0.717) is 6.42 Å². The minimum atomic E-state index is -2.92. The van der Waals surface area contributed by atoms with Crippen molar-refractivity contribution in [1.29, 1.82) is 0 Å². The van der Waals surface area contributed by atoms with Gasteiger partial charge in [-0.15, -0.1) is 0 Å². The van der Waals surface area contributed by atoms with Crippen LogP contribution in [0.2, 0.25) is 0 Å². The average Bonchev–Trinajstić information content (AvgIpc) is 2.58. The zero-order valence-corrected chi connectivity index (χ0v) is 10.5. The quantitative estimate of drug-likeness (QED) is 0.874. The Morgan fingerprint density at radius 1 is 1.47 bits per heavy atom. The van der Waals surface area contributed by atoms with Gasteiger partial charge in [0, 0.05) is 6.04 Å². The highest BCUT2D eigenvalue weighted by Crippen LogP contribution is 2.31. The van der Waals surface area contributed by atoms with Gasteiger partial charge in [-0.3, -0.25) is 0 Å². The third kappa shape index (κ3) is 2.66. The highest BCUT2D eigenvalue weighted by molar-refractivity contribution is 7.91. The molecule has 2 unspecified atom stereocenters. The van der Waals surface area contributed by atoms with Crippen molar-refractivity contribution in [2.45, 2.75) is 19.4 Å². The lowest BCUT2D eigenvalue weighted by Gasteiger charge is -2.20. The van der Waals surface area contributed by atoms with Crippen molar-refractivity contribution in [3.63, 3.8) is 0 Å². The van der Waals surface area contributed by atoms with Crippen LogP contribution in [0.5, 0.6) is 0 Å². The molecule has 0 amide bonds. The van der Waals surface area contributed by atoms with Crippen molar-refractivity contribution in [3.8, 4) is 0 Å². The van der Waals surface area contributed by atoms with E-state index in [9.17, 15) is 12.8 Å². The van der Waals surface area contributed by atoms with E-state index < -0.39 is 9.84 Å². The smallest absolute Gasteiger partial charge is 0.150 e. The molecule has 17 heavy (non-hydrogen) atoms. The summed E-state index contributed by atoms with van der Waals surface area (Å²) in [6.45, 7) is 1.79. The molecule has 1 aromatic carbocycles. The van der Waals surface area contributed by atoms with Crippen LogP contribution >= 0.6 is 0 Å². The lowest BCUT2D eigenvalue weighted by atomic mass is 9.91. The van der Waals surface area contributed by atoms with Gasteiger partial charge in [0.25, 0.3) is 0 Å². The fraction of sp³-hybridized carbons (Fsp3) is 0.500. The maximum atomic E-state index is 13.0. The Morgan fingerprint density at radius 2 is 2.18 bits per heavy atom. The van der Waals surface area contributed by atoms with Crippen molar-refractivity contribution >= 4 is 9.84 Å². The van der Waals surface area contributed by atoms with E-state index in [1.807, 2.05) is 0 Å². The number of hydrogen-bond acceptors (Lipinski definition) is 3. The number of sulfone groups is 1. The Balaban J connectivity index is 2.23. The summed E-state index contributed by atoms with van der Waals surface area (Å²) in [4.78, 5) is 0. The lowest BCUT2D eigenvalue weighted by Crippen LogP contribution is -2.23. The van der Waals surface area contributed by atoms with Gasteiger partial charge >= 0.3 is 0 Å². The van der Waals surface area contributed by atoms with Gasteiger partial charge in [0.1, 0.15) is 5.82 Å². The van der Waals surface area contributed by atoms with Gasteiger partial charge in [0.2, 0.25) is 0 Å². The SMILES string of the molecule is Cc1cc(F)ccc1C(N)C1CCS(=O)(=O)C1. The van der Waals surface area contributed by atoms with Gasteiger partial charge < -0.3 is 5.73 Å². The number of hydrogen-bond donors (Lipinski definition) is 1. The van der Waals surface area contributed by atoms with Crippen molar-refractivity contribution in [3.05, 3.63) is 35.1 Å². The fourth-order valence-corrected chi connectivity index (χ4v) is 4.23. The topological polar surface area (TPSA) is 60.2 Å². The van der Waals surface area contributed by atoms with Gasteiger partial charge in [0.15, 0.2) is 9.84 Å². The molecule has 2 rings (SSSR count). The molecule has 0 radical (unpaired) electrons. The molecule has 94 valence electrons. The largest absolute Gasteiger partial charge is 0.324 e. The number of benzene rings is 1. The summed E-state index contributed by atoms with van der Waals surface area (Å²) in [5.74, 6) is 0.0120. The molecule has 1 heterocycles. The first kappa shape index (κ1) is 12.5. The second-order valence-corrected chi connectivity index (χ2v) is 6.92. The Hall–Kier alpha value is -0.940. The third-order valence-corrected chi connectivity index (χ3v) is 5.16. The number of nitrogens with two attached hydrogens (primary N) is 1. The summed E-state index contributed by atoms with van der Waals surface area (Å²) in [5, 5.41) is 0. The van der Waals surface area contributed by atoms with E-state index in [0.717, 1.165) is 11.1 Å². The van der Waals surface area contributed by atoms with Gasteiger partial charge in [-0.2, -0.15) is 0 Å². The normalized spacial score (nSPS) is 24.8. The minimum Gasteiger partial charge on any atom is -0.324 e. The maximum absolute atomic E-state index is 13.0. The Labute approximate surface area is 101 Å². The molecular formula is C12H16FNO2S. The standard InChI is InChI=1S/C12H16FNO2S/c1-8-6-10(13)2-3-11(8)12(14)9-4-5-17(15,16)7-9/h2-3,6,9,12H,4-5,7,14H2,1H3. The Morgan fingerprint density at radius 3 is 2.71 bits per heavy atom. The molecule has 0 saturated carbocycles. The van der Waals surface area contributed by atoms with E-state index in [4.69, 9.17) is 5.73 Å². The third-order valence-electron chi connectivity index (χ3n) is 3.37. The molecule has 0 aromatic heterocycles.